The average Bonchev–Trinajstić information content (AvgIpc) is 2.29. The third-order valence-electron chi connectivity index (χ3n) is 2.80. The summed E-state index contributed by atoms with van der Waals surface area (Å²) in [6.07, 6.45) is 1.06. The van der Waals surface area contributed by atoms with Gasteiger partial charge in [0.1, 0.15) is 0 Å². The highest BCUT2D eigenvalue weighted by Gasteiger charge is 2.21. The summed E-state index contributed by atoms with van der Waals surface area (Å²) in [6.45, 7) is 3.65. The van der Waals surface area contributed by atoms with E-state index in [0.717, 1.165) is 5.56 Å². The Morgan fingerprint density at radius 2 is 2.12 bits per heavy atom. The van der Waals surface area contributed by atoms with E-state index in [2.05, 4.69) is 0 Å². The van der Waals surface area contributed by atoms with Crippen molar-refractivity contribution >= 4 is 11.7 Å². The summed E-state index contributed by atoms with van der Waals surface area (Å²) >= 11 is 0. The minimum absolute atomic E-state index is 0.00541. The number of rotatable bonds is 5. The maximum atomic E-state index is 11.1. The first-order valence-electron chi connectivity index (χ1n) is 5.51. The molecule has 1 rings (SSSR count). The summed E-state index contributed by atoms with van der Waals surface area (Å²) in [7, 11) is 0. The number of aliphatic carboxylic acids is 1. The standard InChI is InChI=1S/C12H15NO4/c1-3-8-7-9(13(16)17)5-6-11(8)10(4-2)12(14)15/h5-7,10H,3-4H2,1-2H3,(H,14,15). The molecule has 1 atom stereocenters. The van der Waals surface area contributed by atoms with E-state index in [1.165, 1.54) is 12.1 Å². The Bertz CT molecular complexity index is 442. The van der Waals surface area contributed by atoms with Crippen LogP contribution in [-0.2, 0) is 11.2 Å². The van der Waals surface area contributed by atoms with Gasteiger partial charge in [0.2, 0.25) is 0 Å². The summed E-state index contributed by atoms with van der Waals surface area (Å²) < 4.78 is 0. The van der Waals surface area contributed by atoms with Crippen LogP contribution in [0.4, 0.5) is 5.69 Å². The first-order valence-corrected chi connectivity index (χ1v) is 5.51. The number of hydrogen-bond acceptors (Lipinski definition) is 3. The van der Waals surface area contributed by atoms with E-state index in [1.54, 1.807) is 13.0 Å². The van der Waals surface area contributed by atoms with Gasteiger partial charge >= 0.3 is 5.97 Å². The Balaban J connectivity index is 3.24. The van der Waals surface area contributed by atoms with Crippen LogP contribution >= 0.6 is 0 Å². The molecular formula is C12H15NO4. The molecule has 0 bridgehead atoms. The molecule has 0 aliphatic carbocycles. The fourth-order valence-electron chi connectivity index (χ4n) is 1.88. The largest absolute Gasteiger partial charge is 0.481 e. The van der Waals surface area contributed by atoms with Gasteiger partial charge in [0.15, 0.2) is 0 Å². The maximum absolute atomic E-state index is 11.1. The first kappa shape index (κ1) is 13.2. The molecule has 1 aromatic carbocycles. The Morgan fingerprint density at radius 1 is 1.47 bits per heavy atom. The first-order chi connectivity index (χ1) is 8.01. The summed E-state index contributed by atoms with van der Waals surface area (Å²) in [5.41, 5.74) is 1.41. The molecule has 1 aromatic rings. The highest BCUT2D eigenvalue weighted by atomic mass is 16.6. The van der Waals surface area contributed by atoms with Crippen molar-refractivity contribution in [2.24, 2.45) is 0 Å². The number of nitro benzene ring substituents is 1. The van der Waals surface area contributed by atoms with E-state index in [9.17, 15) is 14.9 Å². The molecule has 17 heavy (non-hydrogen) atoms. The highest BCUT2D eigenvalue weighted by molar-refractivity contribution is 5.76. The fourth-order valence-corrected chi connectivity index (χ4v) is 1.88. The number of non-ortho nitro benzene ring substituents is 1. The minimum Gasteiger partial charge on any atom is -0.481 e. The van der Waals surface area contributed by atoms with Crippen molar-refractivity contribution in [3.63, 3.8) is 0 Å². The lowest BCUT2D eigenvalue weighted by atomic mass is 9.91. The zero-order chi connectivity index (χ0) is 13.0. The van der Waals surface area contributed by atoms with E-state index in [4.69, 9.17) is 5.11 Å². The molecule has 5 nitrogen and oxygen atoms in total. The number of carboxylic acids is 1. The molecule has 0 saturated carbocycles. The van der Waals surface area contributed by atoms with Gasteiger partial charge in [-0.1, -0.05) is 19.9 Å². The van der Waals surface area contributed by atoms with Crippen molar-refractivity contribution < 1.29 is 14.8 Å². The fraction of sp³-hybridized carbons (Fsp3) is 0.417. The van der Waals surface area contributed by atoms with Gasteiger partial charge < -0.3 is 5.11 Å². The molecule has 0 heterocycles. The monoisotopic (exact) mass is 237 g/mol. The predicted octanol–water partition coefficient (Wildman–Crippen LogP) is 2.74. The van der Waals surface area contributed by atoms with E-state index < -0.39 is 16.8 Å². The van der Waals surface area contributed by atoms with Gasteiger partial charge in [-0.05, 0) is 24.0 Å². The lowest BCUT2D eigenvalue weighted by molar-refractivity contribution is -0.384. The molecule has 0 aliphatic rings. The number of benzene rings is 1. The molecule has 0 radical (unpaired) electrons. The van der Waals surface area contributed by atoms with Crippen molar-refractivity contribution in [2.75, 3.05) is 0 Å². The van der Waals surface area contributed by atoms with Crippen LogP contribution in [0.1, 0.15) is 37.3 Å². The third kappa shape index (κ3) is 2.81. The number of nitrogens with zero attached hydrogens (tertiary/aromatic N) is 1. The summed E-state index contributed by atoms with van der Waals surface area (Å²) in [5.74, 6) is -1.48. The topological polar surface area (TPSA) is 80.4 Å². The number of hydrogen-bond donors (Lipinski definition) is 1. The quantitative estimate of drug-likeness (QED) is 0.630. The predicted molar refractivity (Wildman–Crippen MR) is 63.1 cm³/mol. The smallest absolute Gasteiger partial charge is 0.310 e. The third-order valence-corrected chi connectivity index (χ3v) is 2.80. The van der Waals surface area contributed by atoms with E-state index in [1.807, 2.05) is 6.92 Å². The van der Waals surface area contributed by atoms with E-state index in [-0.39, 0.29) is 5.69 Å². The zero-order valence-electron chi connectivity index (χ0n) is 9.84. The summed E-state index contributed by atoms with van der Waals surface area (Å²) in [5, 5.41) is 19.7. The van der Waals surface area contributed by atoms with Crippen molar-refractivity contribution in [2.45, 2.75) is 32.6 Å². The SMILES string of the molecule is CCc1cc([N+](=O)[O-])ccc1C(CC)C(=O)O. The Hall–Kier alpha value is -1.91. The van der Waals surface area contributed by atoms with Gasteiger partial charge in [0.25, 0.3) is 5.69 Å². The number of nitro groups is 1. The van der Waals surface area contributed by atoms with Crippen LogP contribution in [0.5, 0.6) is 0 Å². The normalized spacial score (nSPS) is 12.1. The van der Waals surface area contributed by atoms with Crippen LogP contribution in [0.2, 0.25) is 0 Å². The molecule has 0 aromatic heterocycles. The molecule has 1 N–H and O–H groups in total. The van der Waals surface area contributed by atoms with E-state index >= 15 is 0 Å². The van der Waals surface area contributed by atoms with E-state index in [0.29, 0.717) is 18.4 Å². The average molecular weight is 237 g/mol. The number of carbonyl (C=O) groups is 1. The van der Waals surface area contributed by atoms with Gasteiger partial charge in [-0.3, -0.25) is 14.9 Å². The maximum Gasteiger partial charge on any atom is 0.310 e. The van der Waals surface area contributed by atoms with Crippen molar-refractivity contribution in [1.29, 1.82) is 0 Å². The highest BCUT2D eigenvalue weighted by Crippen LogP contribution is 2.27. The zero-order valence-corrected chi connectivity index (χ0v) is 9.84. The Labute approximate surface area is 99.2 Å². The van der Waals surface area contributed by atoms with Gasteiger partial charge in [0, 0.05) is 12.1 Å². The molecule has 5 heteroatoms. The molecule has 0 amide bonds. The van der Waals surface area contributed by atoms with Gasteiger partial charge in [-0.2, -0.15) is 0 Å². The molecule has 0 saturated heterocycles. The summed E-state index contributed by atoms with van der Waals surface area (Å²) in [6, 6.07) is 4.38. The Kier molecular flexibility index (Phi) is 4.20. The minimum atomic E-state index is -0.893. The van der Waals surface area contributed by atoms with Crippen LogP contribution in [0.15, 0.2) is 18.2 Å². The van der Waals surface area contributed by atoms with Crippen LogP contribution in [0.3, 0.4) is 0 Å². The molecule has 0 spiro atoms. The van der Waals surface area contributed by atoms with Crippen LogP contribution in [-0.4, -0.2) is 16.0 Å². The lowest BCUT2D eigenvalue weighted by Gasteiger charge is -2.14. The Morgan fingerprint density at radius 3 is 2.53 bits per heavy atom. The number of carboxylic acid groups (broad SMARTS) is 1. The second-order valence-electron chi connectivity index (χ2n) is 3.79. The van der Waals surface area contributed by atoms with Crippen LogP contribution < -0.4 is 0 Å². The van der Waals surface area contributed by atoms with Crippen molar-refractivity contribution in [3.8, 4) is 0 Å². The molecule has 92 valence electrons. The van der Waals surface area contributed by atoms with Gasteiger partial charge in [0.05, 0.1) is 10.8 Å². The van der Waals surface area contributed by atoms with Gasteiger partial charge in [-0.15, -0.1) is 0 Å². The van der Waals surface area contributed by atoms with Crippen molar-refractivity contribution in [1.82, 2.24) is 0 Å². The second kappa shape index (κ2) is 5.43. The van der Waals surface area contributed by atoms with Crippen LogP contribution in [0, 0.1) is 10.1 Å². The molecular weight excluding hydrogens is 222 g/mol. The number of aryl methyl sites for hydroxylation is 1. The van der Waals surface area contributed by atoms with Crippen molar-refractivity contribution in [3.05, 3.63) is 39.4 Å². The molecule has 1 unspecified atom stereocenters. The van der Waals surface area contributed by atoms with Crippen LogP contribution in [0.25, 0.3) is 0 Å². The van der Waals surface area contributed by atoms with Gasteiger partial charge in [-0.25, -0.2) is 0 Å². The lowest BCUT2D eigenvalue weighted by Crippen LogP contribution is -2.12. The molecule has 0 aliphatic heterocycles. The molecule has 0 fully saturated rings. The summed E-state index contributed by atoms with van der Waals surface area (Å²) in [4.78, 5) is 21.3. The second-order valence-corrected chi connectivity index (χ2v) is 3.79.